The number of benzene rings is 1. The molecule has 0 bridgehead atoms. The van der Waals surface area contributed by atoms with E-state index < -0.39 is 0 Å². The van der Waals surface area contributed by atoms with E-state index in [0.29, 0.717) is 24.3 Å². The molecule has 0 radical (unpaired) electrons. The first-order valence-corrected chi connectivity index (χ1v) is 6.67. The first kappa shape index (κ1) is 12.3. The van der Waals surface area contributed by atoms with Crippen molar-refractivity contribution in [1.82, 2.24) is 15.0 Å². The monoisotopic (exact) mass is 258 g/mol. The number of likely N-dealkylation sites (tertiary alicyclic amines) is 1. The quantitative estimate of drug-likeness (QED) is 0.906. The van der Waals surface area contributed by atoms with Gasteiger partial charge in [-0.15, -0.1) is 0 Å². The van der Waals surface area contributed by atoms with Crippen molar-refractivity contribution in [2.24, 2.45) is 5.73 Å². The first-order valence-electron chi connectivity index (χ1n) is 6.67. The Hall–Kier alpha value is -1.72. The summed E-state index contributed by atoms with van der Waals surface area (Å²) in [7, 11) is 0. The molecule has 2 aromatic rings. The summed E-state index contributed by atoms with van der Waals surface area (Å²) in [5, 5.41) is 4.03. The molecular formula is C14H18N4O. The number of nitrogens with zero attached hydrogens (tertiary/aromatic N) is 3. The Bertz CT molecular complexity index is 517. The Morgan fingerprint density at radius 3 is 2.68 bits per heavy atom. The number of aromatic nitrogens is 2. The molecule has 0 aliphatic carbocycles. The normalized spacial score (nSPS) is 17.7. The van der Waals surface area contributed by atoms with E-state index in [1.54, 1.807) is 0 Å². The zero-order valence-electron chi connectivity index (χ0n) is 10.8. The van der Waals surface area contributed by atoms with Crippen LogP contribution in [0.1, 0.15) is 18.7 Å². The second kappa shape index (κ2) is 5.50. The number of rotatable bonds is 3. The molecule has 19 heavy (non-hydrogen) atoms. The van der Waals surface area contributed by atoms with E-state index in [4.69, 9.17) is 10.3 Å². The Morgan fingerprint density at radius 2 is 1.95 bits per heavy atom. The van der Waals surface area contributed by atoms with E-state index in [1.807, 2.05) is 30.3 Å². The molecule has 1 aliphatic heterocycles. The van der Waals surface area contributed by atoms with Gasteiger partial charge in [0.1, 0.15) is 0 Å². The summed E-state index contributed by atoms with van der Waals surface area (Å²) in [5.41, 5.74) is 6.88. The standard InChI is InChI=1S/C14H18N4O/c15-12-6-8-18(9-7-12)10-13-16-14(17-19-13)11-4-2-1-3-5-11/h1-5,12H,6-10,15H2. The third kappa shape index (κ3) is 3.00. The average molecular weight is 258 g/mol. The Kier molecular flexibility index (Phi) is 3.57. The maximum absolute atomic E-state index is 5.89. The fourth-order valence-electron chi connectivity index (χ4n) is 2.33. The lowest BCUT2D eigenvalue weighted by molar-refractivity contribution is 0.182. The van der Waals surface area contributed by atoms with Crippen LogP contribution in [0.3, 0.4) is 0 Å². The molecular weight excluding hydrogens is 240 g/mol. The van der Waals surface area contributed by atoms with E-state index in [-0.39, 0.29) is 0 Å². The molecule has 0 amide bonds. The van der Waals surface area contributed by atoms with Gasteiger partial charge in [0.05, 0.1) is 6.54 Å². The Balaban J connectivity index is 1.65. The van der Waals surface area contributed by atoms with Gasteiger partial charge in [-0.2, -0.15) is 4.98 Å². The van der Waals surface area contributed by atoms with Crippen molar-refractivity contribution in [2.75, 3.05) is 13.1 Å². The molecule has 1 aliphatic rings. The molecule has 1 saturated heterocycles. The van der Waals surface area contributed by atoms with Crippen molar-refractivity contribution < 1.29 is 4.52 Å². The van der Waals surface area contributed by atoms with Crippen molar-refractivity contribution in [2.45, 2.75) is 25.4 Å². The second-order valence-corrected chi connectivity index (χ2v) is 4.99. The fraction of sp³-hybridized carbons (Fsp3) is 0.429. The van der Waals surface area contributed by atoms with Crippen LogP contribution >= 0.6 is 0 Å². The van der Waals surface area contributed by atoms with Crippen molar-refractivity contribution in [3.63, 3.8) is 0 Å². The third-order valence-electron chi connectivity index (χ3n) is 3.49. The summed E-state index contributed by atoms with van der Waals surface area (Å²) in [4.78, 5) is 6.75. The minimum atomic E-state index is 0.346. The molecule has 0 unspecified atom stereocenters. The van der Waals surface area contributed by atoms with Crippen molar-refractivity contribution in [1.29, 1.82) is 0 Å². The second-order valence-electron chi connectivity index (χ2n) is 4.99. The molecule has 2 heterocycles. The third-order valence-corrected chi connectivity index (χ3v) is 3.49. The van der Waals surface area contributed by atoms with E-state index in [2.05, 4.69) is 15.0 Å². The summed E-state index contributed by atoms with van der Waals surface area (Å²) >= 11 is 0. The maximum Gasteiger partial charge on any atom is 0.241 e. The number of piperidine rings is 1. The fourth-order valence-corrected chi connectivity index (χ4v) is 2.33. The highest BCUT2D eigenvalue weighted by Crippen LogP contribution is 2.17. The van der Waals surface area contributed by atoms with Gasteiger partial charge < -0.3 is 10.3 Å². The van der Waals surface area contributed by atoms with Crippen LogP contribution < -0.4 is 5.73 Å². The van der Waals surface area contributed by atoms with Crippen LogP contribution in [-0.4, -0.2) is 34.2 Å². The zero-order valence-corrected chi connectivity index (χ0v) is 10.8. The van der Waals surface area contributed by atoms with E-state index in [1.165, 1.54) is 0 Å². The van der Waals surface area contributed by atoms with Gasteiger partial charge in [-0.05, 0) is 12.8 Å². The van der Waals surface area contributed by atoms with Crippen LogP contribution in [0.4, 0.5) is 0 Å². The lowest BCUT2D eigenvalue weighted by Gasteiger charge is -2.28. The van der Waals surface area contributed by atoms with E-state index >= 15 is 0 Å². The molecule has 2 N–H and O–H groups in total. The molecule has 0 spiro atoms. The topological polar surface area (TPSA) is 68.2 Å². The van der Waals surface area contributed by atoms with Crippen molar-refractivity contribution in [3.8, 4) is 11.4 Å². The summed E-state index contributed by atoms with van der Waals surface area (Å²) in [5.74, 6) is 1.33. The molecule has 1 aromatic heterocycles. The van der Waals surface area contributed by atoms with Crippen LogP contribution in [0.2, 0.25) is 0 Å². The van der Waals surface area contributed by atoms with Crippen molar-refractivity contribution in [3.05, 3.63) is 36.2 Å². The van der Waals surface area contributed by atoms with Crippen LogP contribution in [0.15, 0.2) is 34.9 Å². The molecule has 100 valence electrons. The smallest absolute Gasteiger partial charge is 0.241 e. The Labute approximate surface area is 112 Å². The molecule has 3 rings (SSSR count). The lowest BCUT2D eigenvalue weighted by Crippen LogP contribution is -2.39. The zero-order chi connectivity index (χ0) is 13.1. The van der Waals surface area contributed by atoms with E-state index in [0.717, 1.165) is 31.5 Å². The summed E-state index contributed by atoms with van der Waals surface area (Å²) in [6.07, 6.45) is 2.08. The van der Waals surface area contributed by atoms with Gasteiger partial charge in [-0.25, -0.2) is 0 Å². The highest BCUT2D eigenvalue weighted by atomic mass is 16.5. The Morgan fingerprint density at radius 1 is 1.21 bits per heavy atom. The van der Waals surface area contributed by atoms with Crippen LogP contribution in [0.5, 0.6) is 0 Å². The maximum atomic E-state index is 5.89. The van der Waals surface area contributed by atoms with Gasteiger partial charge in [0.25, 0.3) is 0 Å². The van der Waals surface area contributed by atoms with Crippen LogP contribution in [0, 0.1) is 0 Å². The van der Waals surface area contributed by atoms with Gasteiger partial charge in [-0.1, -0.05) is 35.5 Å². The lowest BCUT2D eigenvalue weighted by atomic mass is 10.1. The van der Waals surface area contributed by atoms with Crippen LogP contribution in [0.25, 0.3) is 11.4 Å². The van der Waals surface area contributed by atoms with Gasteiger partial charge in [0.15, 0.2) is 0 Å². The predicted molar refractivity (Wildman–Crippen MR) is 72.2 cm³/mol. The number of nitrogens with two attached hydrogens (primary N) is 1. The van der Waals surface area contributed by atoms with Gasteiger partial charge in [-0.3, -0.25) is 4.90 Å². The van der Waals surface area contributed by atoms with Gasteiger partial charge >= 0.3 is 0 Å². The number of hydrogen-bond acceptors (Lipinski definition) is 5. The molecule has 5 nitrogen and oxygen atoms in total. The first-order chi connectivity index (χ1) is 9.31. The minimum absolute atomic E-state index is 0.346. The SMILES string of the molecule is NC1CCN(Cc2nc(-c3ccccc3)no2)CC1. The highest BCUT2D eigenvalue weighted by Gasteiger charge is 2.18. The largest absolute Gasteiger partial charge is 0.338 e. The highest BCUT2D eigenvalue weighted by molar-refractivity contribution is 5.53. The molecule has 1 aromatic carbocycles. The summed E-state index contributed by atoms with van der Waals surface area (Å²) < 4.78 is 5.31. The molecule has 5 heteroatoms. The van der Waals surface area contributed by atoms with Crippen molar-refractivity contribution >= 4 is 0 Å². The summed E-state index contributed by atoms with van der Waals surface area (Å²) in [6, 6.07) is 10.2. The molecule has 0 atom stereocenters. The number of hydrogen-bond donors (Lipinski definition) is 1. The van der Waals surface area contributed by atoms with Crippen LogP contribution in [-0.2, 0) is 6.54 Å². The average Bonchev–Trinajstić information content (AvgIpc) is 2.91. The summed E-state index contributed by atoms with van der Waals surface area (Å²) in [6.45, 7) is 2.72. The van der Waals surface area contributed by atoms with E-state index in [9.17, 15) is 0 Å². The predicted octanol–water partition coefficient (Wildman–Crippen LogP) is 1.66. The van der Waals surface area contributed by atoms with Gasteiger partial charge in [0.2, 0.25) is 11.7 Å². The van der Waals surface area contributed by atoms with Gasteiger partial charge in [0, 0.05) is 24.7 Å². The minimum Gasteiger partial charge on any atom is -0.338 e. The molecule has 0 saturated carbocycles. The molecule has 1 fully saturated rings.